The quantitative estimate of drug-likeness (QED) is 0.598. The minimum atomic E-state index is -5.91. The highest BCUT2D eigenvalue weighted by Gasteiger charge is 2.63. The summed E-state index contributed by atoms with van der Waals surface area (Å²) in [6.45, 7) is 1.64. The number of Topliss-reactive ketones (excluding diaryl/α,β-unsaturated/α-hetero) is 1. The van der Waals surface area contributed by atoms with Gasteiger partial charge in [-0.1, -0.05) is 18.5 Å². The molecule has 0 N–H and O–H groups in total. The molecule has 0 heterocycles. The van der Waals surface area contributed by atoms with Gasteiger partial charge in [0.15, 0.2) is 0 Å². The molecular formula is C11H8ClF5O. The van der Waals surface area contributed by atoms with E-state index in [9.17, 15) is 26.7 Å². The van der Waals surface area contributed by atoms with Crippen molar-refractivity contribution < 1.29 is 26.7 Å². The molecule has 1 nitrogen and oxygen atoms in total. The highest BCUT2D eigenvalue weighted by Crippen LogP contribution is 2.38. The summed E-state index contributed by atoms with van der Waals surface area (Å²) in [5.74, 6) is -7.67. The Balaban J connectivity index is 3.20. The van der Waals surface area contributed by atoms with Gasteiger partial charge in [0.2, 0.25) is 5.78 Å². The van der Waals surface area contributed by atoms with Crippen LogP contribution in [0.4, 0.5) is 22.0 Å². The Morgan fingerprint density at radius 3 is 2.22 bits per heavy atom. The van der Waals surface area contributed by atoms with Gasteiger partial charge in [-0.2, -0.15) is 22.0 Å². The number of rotatable bonds is 3. The molecule has 0 saturated carbocycles. The van der Waals surface area contributed by atoms with E-state index < -0.39 is 23.4 Å². The lowest BCUT2D eigenvalue weighted by Gasteiger charge is -2.18. The zero-order valence-corrected chi connectivity index (χ0v) is 9.87. The monoisotopic (exact) mass is 286 g/mol. The van der Waals surface area contributed by atoms with E-state index in [2.05, 4.69) is 0 Å². The number of alkyl halides is 5. The van der Waals surface area contributed by atoms with Crippen molar-refractivity contribution in [1.29, 1.82) is 0 Å². The maximum atomic E-state index is 12.8. The number of aryl methyl sites for hydroxylation is 1. The molecule has 1 rings (SSSR count). The third-order valence-electron chi connectivity index (χ3n) is 2.33. The molecule has 0 aromatic heterocycles. The Labute approximate surface area is 105 Å². The minimum absolute atomic E-state index is 0.212. The Kier molecular flexibility index (Phi) is 4.00. The largest absolute Gasteiger partial charge is 0.461 e. The van der Waals surface area contributed by atoms with Gasteiger partial charge in [-0.15, -0.1) is 0 Å². The molecule has 0 aliphatic rings. The first-order valence-electron chi connectivity index (χ1n) is 4.89. The number of hydrogen-bond acceptors (Lipinski definition) is 1. The van der Waals surface area contributed by atoms with Gasteiger partial charge in [-0.25, -0.2) is 0 Å². The third kappa shape index (κ3) is 2.63. The zero-order chi connectivity index (χ0) is 14.1. The Hall–Kier alpha value is -1.17. The summed E-state index contributed by atoms with van der Waals surface area (Å²) >= 11 is 5.68. The van der Waals surface area contributed by atoms with Crippen molar-refractivity contribution >= 4 is 17.4 Å². The first-order valence-corrected chi connectivity index (χ1v) is 5.26. The molecule has 0 saturated heterocycles. The molecule has 0 radical (unpaired) electrons. The van der Waals surface area contributed by atoms with E-state index in [-0.39, 0.29) is 5.02 Å². The van der Waals surface area contributed by atoms with E-state index in [4.69, 9.17) is 11.6 Å². The molecule has 0 spiro atoms. The van der Waals surface area contributed by atoms with Crippen molar-refractivity contribution in [2.75, 3.05) is 0 Å². The third-order valence-corrected chi connectivity index (χ3v) is 2.70. The molecule has 0 amide bonds. The Bertz CT molecular complexity index is 467. The summed E-state index contributed by atoms with van der Waals surface area (Å²) in [4.78, 5) is 11.2. The molecular weight excluding hydrogens is 279 g/mol. The first kappa shape index (κ1) is 14.9. The molecule has 0 bridgehead atoms. The van der Waals surface area contributed by atoms with Gasteiger partial charge in [0.1, 0.15) is 0 Å². The summed E-state index contributed by atoms with van der Waals surface area (Å²) < 4.78 is 61.8. The number of carbonyl (C=O) groups excluding carboxylic acids is 1. The SMILES string of the molecule is CCc1cc(C(=O)C(F)(F)C(F)(F)F)ccc1Cl. The van der Waals surface area contributed by atoms with Crippen molar-refractivity contribution in [2.24, 2.45) is 0 Å². The van der Waals surface area contributed by atoms with Crippen LogP contribution >= 0.6 is 11.6 Å². The average Bonchev–Trinajstić information content (AvgIpc) is 2.27. The van der Waals surface area contributed by atoms with E-state index in [1.165, 1.54) is 0 Å². The highest BCUT2D eigenvalue weighted by molar-refractivity contribution is 6.31. The molecule has 7 heteroatoms. The van der Waals surface area contributed by atoms with Crippen LogP contribution in [0.1, 0.15) is 22.8 Å². The maximum Gasteiger partial charge on any atom is 0.461 e. The van der Waals surface area contributed by atoms with Crippen molar-refractivity contribution in [2.45, 2.75) is 25.4 Å². The van der Waals surface area contributed by atoms with Gasteiger partial charge in [-0.05, 0) is 30.2 Å². The Morgan fingerprint density at radius 2 is 1.78 bits per heavy atom. The lowest BCUT2D eigenvalue weighted by Crippen LogP contribution is -2.44. The summed E-state index contributed by atoms with van der Waals surface area (Å²) in [7, 11) is 0. The van der Waals surface area contributed by atoms with Gasteiger partial charge >= 0.3 is 12.1 Å². The standard InChI is InChI=1S/C11H8ClF5O/c1-2-6-5-7(3-4-8(6)12)9(18)10(13,14)11(15,16)17/h3-5H,2H2,1H3. The van der Waals surface area contributed by atoms with Gasteiger partial charge in [0.25, 0.3) is 0 Å². The number of hydrogen-bond donors (Lipinski definition) is 0. The molecule has 1 aromatic carbocycles. The second kappa shape index (κ2) is 4.84. The van der Waals surface area contributed by atoms with Gasteiger partial charge < -0.3 is 0 Å². The van der Waals surface area contributed by atoms with Crippen LogP contribution in [-0.2, 0) is 6.42 Å². The number of carbonyl (C=O) groups is 1. The second-order valence-corrected chi connectivity index (χ2v) is 3.97. The van der Waals surface area contributed by atoms with Crippen LogP contribution in [0.15, 0.2) is 18.2 Å². The summed E-state index contributed by atoms with van der Waals surface area (Å²) in [5, 5.41) is 0.212. The van der Waals surface area contributed by atoms with E-state index >= 15 is 0 Å². The van der Waals surface area contributed by atoms with Crippen LogP contribution in [0.2, 0.25) is 5.02 Å². The van der Waals surface area contributed by atoms with Crippen LogP contribution in [0, 0.1) is 0 Å². The maximum absolute atomic E-state index is 12.8. The van der Waals surface area contributed by atoms with Crippen LogP contribution in [0.3, 0.4) is 0 Å². The summed E-state index contributed by atoms with van der Waals surface area (Å²) in [6, 6.07) is 2.92. The van der Waals surface area contributed by atoms with Gasteiger partial charge in [0.05, 0.1) is 0 Å². The van der Waals surface area contributed by atoms with E-state index in [0.717, 1.165) is 18.2 Å². The van der Waals surface area contributed by atoms with Crippen LogP contribution in [0.25, 0.3) is 0 Å². The van der Waals surface area contributed by atoms with Crippen molar-refractivity contribution in [3.63, 3.8) is 0 Å². The molecule has 0 aliphatic carbocycles. The fourth-order valence-corrected chi connectivity index (χ4v) is 1.55. The fourth-order valence-electron chi connectivity index (χ4n) is 1.30. The Morgan fingerprint density at radius 1 is 1.22 bits per heavy atom. The van der Waals surface area contributed by atoms with Crippen LogP contribution in [0.5, 0.6) is 0 Å². The summed E-state index contributed by atoms with van der Waals surface area (Å²) in [6.07, 6.45) is -5.59. The van der Waals surface area contributed by atoms with E-state index in [1.807, 2.05) is 0 Å². The van der Waals surface area contributed by atoms with Crippen molar-refractivity contribution in [3.05, 3.63) is 34.3 Å². The molecule has 18 heavy (non-hydrogen) atoms. The highest BCUT2D eigenvalue weighted by atomic mass is 35.5. The number of benzene rings is 1. The molecule has 0 aliphatic heterocycles. The van der Waals surface area contributed by atoms with E-state index in [0.29, 0.717) is 12.0 Å². The van der Waals surface area contributed by atoms with Gasteiger partial charge in [-0.3, -0.25) is 4.79 Å². The van der Waals surface area contributed by atoms with Crippen molar-refractivity contribution in [3.8, 4) is 0 Å². The normalized spacial score (nSPS) is 12.6. The zero-order valence-electron chi connectivity index (χ0n) is 9.12. The van der Waals surface area contributed by atoms with Crippen LogP contribution in [-0.4, -0.2) is 17.9 Å². The van der Waals surface area contributed by atoms with E-state index in [1.54, 1.807) is 6.92 Å². The minimum Gasteiger partial charge on any atom is -0.287 e. The predicted octanol–water partition coefficient (Wildman–Crippen LogP) is 4.28. The molecule has 1 aromatic rings. The summed E-state index contributed by atoms with van der Waals surface area (Å²) in [5.41, 5.74) is -0.376. The molecule has 0 unspecified atom stereocenters. The lowest BCUT2D eigenvalue weighted by atomic mass is 10.0. The van der Waals surface area contributed by atoms with Crippen molar-refractivity contribution in [1.82, 2.24) is 0 Å². The lowest BCUT2D eigenvalue weighted by molar-refractivity contribution is -0.255. The molecule has 100 valence electrons. The van der Waals surface area contributed by atoms with Crippen LogP contribution < -0.4 is 0 Å². The average molecular weight is 287 g/mol. The topological polar surface area (TPSA) is 17.1 Å². The first-order chi connectivity index (χ1) is 8.11. The molecule has 0 fully saturated rings. The second-order valence-electron chi connectivity index (χ2n) is 3.56. The predicted molar refractivity (Wildman–Crippen MR) is 56.2 cm³/mol. The number of halogens is 6. The number of ketones is 1. The fraction of sp³-hybridized carbons (Fsp3) is 0.364. The smallest absolute Gasteiger partial charge is 0.287 e. The molecule has 0 atom stereocenters. The van der Waals surface area contributed by atoms with Gasteiger partial charge in [0, 0.05) is 10.6 Å².